The first kappa shape index (κ1) is 16.0. The van der Waals surface area contributed by atoms with Gasteiger partial charge in [0.05, 0.1) is 13.7 Å². The van der Waals surface area contributed by atoms with Crippen LogP contribution in [0.3, 0.4) is 0 Å². The number of carboxylic acids is 1. The van der Waals surface area contributed by atoms with Gasteiger partial charge in [-0.15, -0.1) is 0 Å². The smallest absolute Gasteiger partial charge is 0.339 e. The summed E-state index contributed by atoms with van der Waals surface area (Å²) in [6.45, 7) is 0.744. The Morgan fingerprint density at radius 1 is 1.52 bits per heavy atom. The number of hydrogen-bond acceptors (Lipinski definition) is 5. The maximum Gasteiger partial charge on any atom is 0.339 e. The van der Waals surface area contributed by atoms with Gasteiger partial charge in [-0.05, 0) is 18.6 Å². The van der Waals surface area contributed by atoms with E-state index in [9.17, 15) is 13.2 Å². The standard InChI is InChI=1S/C12H14ClNO6S/c1-19-11-9(12(15)16)4-7(13)5-10(11)21(17,18)14-8-2-3-20-6-8/h4-5,8,14H,2-3,6H2,1H3,(H,15,16). The maximum absolute atomic E-state index is 12.4. The number of carbonyl (C=O) groups is 1. The molecule has 7 nitrogen and oxygen atoms in total. The zero-order valence-electron chi connectivity index (χ0n) is 11.1. The van der Waals surface area contributed by atoms with Crippen molar-refractivity contribution < 1.29 is 27.8 Å². The minimum Gasteiger partial charge on any atom is -0.494 e. The van der Waals surface area contributed by atoms with Crippen molar-refractivity contribution >= 4 is 27.6 Å². The molecule has 2 N–H and O–H groups in total. The van der Waals surface area contributed by atoms with Crippen LogP contribution in [0.25, 0.3) is 0 Å². The van der Waals surface area contributed by atoms with E-state index in [1.165, 1.54) is 7.11 Å². The largest absolute Gasteiger partial charge is 0.494 e. The Hall–Kier alpha value is -1.35. The monoisotopic (exact) mass is 335 g/mol. The molecule has 1 saturated heterocycles. The zero-order valence-corrected chi connectivity index (χ0v) is 12.7. The average molecular weight is 336 g/mol. The van der Waals surface area contributed by atoms with E-state index in [0.29, 0.717) is 13.0 Å². The van der Waals surface area contributed by atoms with E-state index in [2.05, 4.69) is 4.72 Å². The summed E-state index contributed by atoms with van der Waals surface area (Å²) in [6.07, 6.45) is 0.550. The molecule has 1 atom stereocenters. The molecule has 0 spiro atoms. The van der Waals surface area contributed by atoms with Crippen LogP contribution < -0.4 is 9.46 Å². The number of halogens is 1. The van der Waals surface area contributed by atoms with Gasteiger partial charge in [0.25, 0.3) is 0 Å². The van der Waals surface area contributed by atoms with E-state index < -0.39 is 16.0 Å². The van der Waals surface area contributed by atoms with Crippen LogP contribution >= 0.6 is 11.6 Å². The van der Waals surface area contributed by atoms with Crippen molar-refractivity contribution in [1.82, 2.24) is 4.72 Å². The molecule has 1 heterocycles. The van der Waals surface area contributed by atoms with Crippen molar-refractivity contribution in [2.24, 2.45) is 0 Å². The highest BCUT2D eigenvalue weighted by atomic mass is 35.5. The van der Waals surface area contributed by atoms with Crippen LogP contribution in [0.4, 0.5) is 0 Å². The van der Waals surface area contributed by atoms with E-state index >= 15 is 0 Å². The molecule has 0 amide bonds. The highest BCUT2D eigenvalue weighted by Gasteiger charge is 2.29. The second-order valence-corrected chi connectivity index (χ2v) is 6.59. The first-order chi connectivity index (χ1) is 9.85. The summed E-state index contributed by atoms with van der Waals surface area (Å²) in [5, 5.41) is 9.12. The van der Waals surface area contributed by atoms with Gasteiger partial charge in [0.15, 0.2) is 5.75 Å². The van der Waals surface area contributed by atoms with Crippen LogP contribution in [-0.2, 0) is 14.8 Å². The Bertz CT molecular complexity index is 654. The summed E-state index contributed by atoms with van der Waals surface area (Å²) in [5.41, 5.74) is -0.312. The average Bonchev–Trinajstić information content (AvgIpc) is 2.89. The number of ether oxygens (including phenoxy) is 2. The van der Waals surface area contributed by atoms with Gasteiger partial charge in [-0.1, -0.05) is 11.6 Å². The van der Waals surface area contributed by atoms with Crippen molar-refractivity contribution in [3.8, 4) is 5.75 Å². The van der Waals surface area contributed by atoms with Crippen LogP contribution in [0.15, 0.2) is 17.0 Å². The third-order valence-electron chi connectivity index (χ3n) is 3.00. The quantitative estimate of drug-likeness (QED) is 0.836. The molecule has 0 aliphatic carbocycles. The number of hydrogen-bond donors (Lipinski definition) is 2. The normalized spacial score (nSPS) is 18.7. The van der Waals surface area contributed by atoms with Crippen LogP contribution in [0.2, 0.25) is 5.02 Å². The lowest BCUT2D eigenvalue weighted by Crippen LogP contribution is -2.35. The molecule has 0 bridgehead atoms. The summed E-state index contributed by atoms with van der Waals surface area (Å²) in [4.78, 5) is 10.9. The van der Waals surface area contributed by atoms with Gasteiger partial charge in [-0.3, -0.25) is 0 Å². The SMILES string of the molecule is COc1c(C(=O)O)cc(Cl)cc1S(=O)(=O)NC1CCOC1. The van der Waals surface area contributed by atoms with Crippen LogP contribution in [0.1, 0.15) is 16.8 Å². The van der Waals surface area contributed by atoms with Gasteiger partial charge in [-0.25, -0.2) is 17.9 Å². The fraction of sp³-hybridized carbons (Fsp3) is 0.417. The van der Waals surface area contributed by atoms with Crippen molar-refractivity contribution in [3.63, 3.8) is 0 Å². The molecule has 1 unspecified atom stereocenters. The number of carboxylic acid groups (broad SMARTS) is 1. The third kappa shape index (κ3) is 3.46. The van der Waals surface area contributed by atoms with Gasteiger partial charge in [0.2, 0.25) is 10.0 Å². The third-order valence-corrected chi connectivity index (χ3v) is 4.74. The molecule has 0 radical (unpaired) electrons. The van der Waals surface area contributed by atoms with Crippen molar-refractivity contribution in [3.05, 3.63) is 22.7 Å². The zero-order chi connectivity index (χ0) is 15.6. The van der Waals surface area contributed by atoms with E-state index in [-0.39, 0.29) is 33.9 Å². The summed E-state index contributed by atoms with van der Waals surface area (Å²) in [7, 11) is -2.77. The second-order valence-electron chi connectivity index (χ2n) is 4.47. The van der Waals surface area contributed by atoms with Crippen molar-refractivity contribution in [2.75, 3.05) is 20.3 Å². The fourth-order valence-electron chi connectivity index (χ4n) is 2.05. The number of aromatic carboxylic acids is 1. The molecule has 1 aromatic rings. The summed E-state index contributed by atoms with van der Waals surface area (Å²) < 4.78 is 37.3. The Kier molecular flexibility index (Phi) is 4.72. The summed E-state index contributed by atoms with van der Waals surface area (Å²) in [6, 6.07) is 1.94. The molecule has 1 aliphatic heterocycles. The minimum atomic E-state index is -3.97. The van der Waals surface area contributed by atoms with Gasteiger partial charge in [0.1, 0.15) is 10.5 Å². The first-order valence-electron chi connectivity index (χ1n) is 6.06. The van der Waals surface area contributed by atoms with E-state index in [4.69, 9.17) is 26.2 Å². The Labute approximate surface area is 126 Å². The predicted octanol–water partition coefficient (Wildman–Crippen LogP) is 1.11. The summed E-state index contributed by atoms with van der Waals surface area (Å²) >= 11 is 5.81. The molecule has 0 aromatic heterocycles. The molecule has 0 saturated carbocycles. The van der Waals surface area contributed by atoms with Gasteiger partial charge < -0.3 is 14.6 Å². The Balaban J connectivity index is 2.48. The molecular formula is C12H14ClNO6S. The number of methoxy groups -OCH3 is 1. The maximum atomic E-state index is 12.4. The molecule has 116 valence electrons. The molecule has 1 aromatic carbocycles. The van der Waals surface area contributed by atoms with Gasteiger partial charge in [0, 0.05) is 17.7 Å². The highest BCUT2D eigenvalue weighted by Crippen LogP contribution is 2.32. The van der Waals surface area contributed by atoms with Crippen molar-refractivity contribution in [1.29, 1.82) is 0 Å². The Morgan fingerprint density at radius 2 is 2.24 bits per heavy atom. The van der Waals surface area contributed by atoms with Gasteiger partial charge >= 0.3 is 5.97 Å². The first-order valence-corrected chi connectivity index (χ1v) is 7.92. The van der Waals surface area contributed by atoms with E-state index in [1.807, 2.05) is 0 Å². The molecule has 9 heteroatoms. The van der Waals surface area contributed by atoms with Crippen LogP contribution in [0, 0.1) is 0 Å². The number of nitrogens with one attached hydrogen (secondary N) is 1. The van der Waals surface area contributed by atoms with Crippen LogP contribution in [-0.4, -0.2) is 45.9 Å². The highest BCUT2D eigenvalue weighted by molar-refractivity contribution is 7.89. The van der Waals surface area contributed by atoms with Gasteiger partial charge in [-0.2, -0.15) is 0 Å². The Morgan fingerprint density at radius 3 is 2.76 bits per heavy atom. The molecule has 1 fully saturated rings. The molecule has 1 aliphatic rings. The number of sulfonamides is 1. The molecule has 21 heavy (non-hydrogen) atoms. The summed E-state index contributed by atoms with van der Waals surface area (Å²) in [5.74, 6) is -1.58. The van der Waals surface area contributed by atoms with Crippen molar-refractivity contribution in [2.45, 2.75) is 17.4 Å². The number of benzene rings is 1. The molecule has 2 rings (SSSR count). The lowest BCUT2D eigenvalue weighted by molar-refractivity contribution is 0.0693. The lowest BCUT2D eigenvalue weighted by Gasteiger charge is -2.15. The number of rotatable bonds is 5. The molecular weight excluding hydrogens is 322 g/mol. The minimum absolute atomic E-state index is 0.00348. The van der Waals surface area contributed by atoms with E-state index in [1.54, 1.807) is 0 Å². The topological polar surface area (TPSA) is 102 Å². The van der Waals surface area contributed by atoms with E-state index in [0.717, 1.165) is 12.1 Å². The predicted molar refractivity (Wildman–Crippen MR) is 74.5 cm³/mol. The fourth-order valence-corrected chi connectivity index (χ4v) is 3.80. The lowest BCUT2D eigenvalue weighted by atomic mass is 10.2. The second kappa shape index (κ2) is 6.18. The van der Waals surface area contributed by atoms with Crippen LogP contribution in [0.5, 0.6) is 5.75 Å².